The SMILES string of the molecule is COc1cc(Cl)c(C)cc1NC(=O)c1ccc[nH]1. The molecule has 0 bridgehead atoms. The highest BCUT2D eigenvalue weighted by Crippen LogP contribution is 2.31. The van der Waals surface area contributed by atoms with E-state index in [1.165, 1.54) is 7.11 Å². The molecule has 0 saturated heterocycles. The number of carbonyl (C=O) groups is 1. The van der Waals surface area contributed by atoms with Crippen LogP contribution in [-0.2, 0) is 0 Å². The standard InChI is InChI=1S/C13H13ClN2O2/c1-8-6-11(12(18-2)7-9(8)14)16-13(17)10-4-3-5-15-10/h3-7,15H,1-2H3,(H,16,17). The maximum atomic E-state index is 11.9. The van der Waals surface area contributed by atoms with Crippen LogP contribution >= 0.6 is 11.6 Å². The molecule has 0 fully saturated rings. The number of carbonyl (C=O) groups excluding carboxylic acids is 1. The van der Waals surface area contributed by atoms with Crippen LogP contribution in [0.25, 0.3) is 0 Å². The van der Waals surface area contributed by atoms with Gasteiger partial charge in [-0.1, -0.05) is 11.6 Å². The monoisotopic (exact) mass is 264 g/mol. The molecule has 2 N–H and O–H groups in total. The van der Waals surface area contributed by atoms with Crippen molar-refractivity contribution in [1.29, 1.82) is 0 Å². The van der Waals surface area contributed by atoms with Gasteiger partial charge in [-0.2, -0.15) is 0 Å². The molecule has 2 aromatic rings. The van der Waals surface area contributed by atoms with Crippen molar-refractivity contribution in [2.24, 2.45) is 0 Å². The first-order valence-electron chi connectivity index (χ1n) is 5.40. The summed E-state index contributed by atoms with van der Waals surface area (Å²) in [4.78, 5) is 14.8. The van der Waals surface area contributed by atoms with Gasteiger partial charge >= 0.3 is 0 Å². The Morgan fingerprint density at radius 3 is 2.83 bits per heavy atom. The summed E-state index contributed by atoms with van der Waals surface area (Å²) in [5.41, 5.74) is 1.96. The van der Waals surface area contributed by atoms with Gasteiger partial charge in [-0.25, -0.2) is 0 Å². The summed E-state index contributed by atoms with van der Waals surface area (Å²) in [5, 5.41) is 3.38. The lowest BCUT2D eigenvalue weighted by Gasteiger charge is -2.11. The van der Waals surface area contributed by atoms with Crippen LogP contribution in [0.2, 0.25) is 5.02 Å². The number of ether oxygens (including phenoxy) is 1. The zero-order valence-electron chi connectivity index (χ0n) is 10.1. The molecule has 1 aromatic carbocycles. The van der Waals surface area contributed by atoms with E-state index in [0.717, 1.165) is 5.56 Å². The fraction of sp³-hybridized carbons (Fsp3) is 0.154. The quantitative estimate of drug-likeness (QED) is 0.894. The van der Waals surface area contributed by atoms with E-state index < -0.39 is 0 Å². The van der Waals surface area contributed by atoms with E-state index in [1.54, 1.807) is 30.5 Å². The molecule has 0 unspecified atom stereocenters. The summed E-state index contributed by atoms with van der Waals surface area (Å²) in [5.74, 6) is 0.311. The van der Waals surface area contributed by atoms with Crippen LogP contribution in [0.15, 0.2) is 30.5 Å². The van der Waals surface area contributed by atoms with E-state index in [1.807, 2.05) is 6.92 Å². The van der Waals surface area contributed by atoms with E-state index >= 15 is 0 Å². The summed E-state index contributed by atoms with van der Waals surface area (Å²) in [6, 6.07) is 6.92. The van der Waals surface area contributed by atoms with Crippen LogP contribution in [0.4, 0.5) is 5.69 Å². The minimum atomic E-state index is -0.222. The van der Waals surface area contributed by atoms with Crippen molar-refractivity contribution in [1.82, 2.24) is 4.98 Å². The smallest absolute Gasteiger partial charge is 0.272 e. The van der Waals surface area contributed by atoms with Crippen LogP contribution < -0.4 is 10.1 Å². The lowest BCUT2D eigenvalue weighted by atomic mass is 10.2. The normalized spacial score (nSPS) is 10.2. The van der Waals surface area contributed by atoms with E-state index in [4.69, 9.17) is 16.3 Å². The van der Waals surface area contributed by atoms with Gasteiger partial charge in [0.2, 0.25) is 0 Å². The molecule has 4 nitrogen and oxygen atoms in total. The molecule has 2 rings (SSSR count). The number of halogens is 1. The van der Waals surface area contributed by atoms with Gasteiger partial charge in [0, 0.05) is 17.3 Å². The Morgan fingerprint density at radius 2 is 2.22 bits per heavy atom. The number of anilines is 1. The molecule has 0 aliphatic heterocycles. The third kappa shape index (κ3) is 2.49. The molecule has 0 spiro atoms. The van der Waals surface area contributed by atoms with Gasteiger partial charge in [0.1, 0.15) is 11.4 Å². The second-order valence-electron chi connectivity index (χ2n) is 3.84. The number of H-pyrrole nitrogens is 1. The lowest BCUT2D eigenvalue weighted by molar-refractivity contribution is 0.102. The lowest BCUT2D eigenvalue weighted by Crippen LogP contribution is -2.13. The number of rotatable bonds is 3. The summed E-state index contributed by atoms with van der Waals surface area (Å²) in [6.07, 6.45) is 1.69. The molecule has 1 aromatic heterocycles. The first-order valence-corrected chi connectivity index (χ1v) is 5.78. The maximum absolute atomic E-state index is 11.9. The molecule has 0 aliphatic rings. The van der Waals surface area contributed by atoms with Crippen LogP contribution in [0.5, 0.6) is 5.75 Å². The Bertz CT molecular complexity index is 565. The Balaban J connectivity index is 2.28. The molecule has 94 valence electrons. The van der Waals surface area contributed by atoms with Crippen LogP contribution in [0, 0.1) is 6.92 Å². The van der Waals surface area contributed by atoms with Gasteiger partial charge in [0.15, 0.2) is 0 Å². The molecule has 0 atom stereocenters. The molecule has 0 aliphatic carbocycles. The average Bonchev–Trinajstić information content (AvgIpc) is 2.87. The largest absolute Gasteiger partial charge is 0.495 e. The highest BCUT2D eigenvalue weighted by molar-refractivity contribution is 6.31. The van der Waals surface area contributed by atoms with Crippen LogP contribution in [0.1, 0.15) is 16.1 Å². The van der Waals surface area contributed by atoms with Crippen LogP contribution in [0.3, 0.4) is 0 Å². The second-order valence-corrected chi connectivity index (χ2v) is 4.25. The van der Waals surface area contributed by atoms with Crippen molar-refractivity contribution in [3.63, 3.8) is 0 Å². The molecule has 0 saturated carbocycles. The molecular formula is C13H13ClN2O2. The number of aryl methyl sites for hydroxylation is 1. The maximum Gasteiger partial charge on any atom is 0.272 e. The highest BCUT2D eigenvalue weighted by Gasteiger charge is 2.12. The van der Waals surface area contributed by atoms with Gasteiger partial charge < -0.3 is 15.0 Å². The third-order valence-corrected chi connectivity index (χ3v) is 2.98. The van der Waals surface area contributed by atoms with Crippen molar-refractivity contribution in [2.45, 2.75) is 6.92 Å². The molecule has 0 radical (unpaired) electrons. The molecular weight excluding hydrogens is 252 g/mol. The summed E-state index contributed by atoms with van der Waals surface area (Å²) in [6.45, 7) is 1.87. The van der Waals surface area contributed by atoms with Gasteiger partial charge in [-0.3, -0.25) is 4.79 Å². The average molecular weight is 265 g/mol. The number of benzene rings is 1. The Kier molecular flexibility index (Phi) is 3.58. The minimum Gasteiger partial charge on any atom is -0.495 e. The van der Waals surface area contributed by atoms with Gasteiger partial charge in [-0.15, -0.1) is 0 Å². The van der Waals surface area contributed by atoms with Gasteiger partial charge in [0.05, 0.1) is 12.8 Å². The first kappa shape index (κ1) is 12.5. The van der Waals surface area contributed by atoms with Crippen molar-refractivity contribution < 1.29 is 9.53 Å². The minimum absolute atomic E-state index is 0.222. The summed E-state index contributed by atoms with van der Waals surface area (Å²) in [7, 11) is 1.53. The highest BCUT2D eigenvalue weighted by atomic mass is 35.5. The van der Waals surface area contributed by atoms with Gasteiger partial charge in [-0.05, 0) is 30.7 Å². The van der Waals surface area contributed by atoms with Crippen LogP contribution in [-0.4, -0.2) is 18.0 Å². The van der Waals surface area contributed by atoms with E-state index in [0.29, 0.717) is 22.2 Å². The number of nitrogens with one attached hydrogen (secondary N) is 2. The zero-order chi connectivity index (χ0) is 13.1. The Morgan fingerprint density at radius 1 is 1.44 bits per heavy atom. The number of amides is 1. The zero-order valence-corrected chi connectivity index (χ0v) is 10.8. The fourth-order valence-electron chi connectivity index (χ4n) is 1.59. The molecule has 1 heterocycles. The number of aromatic nitrogens is 1. The molecule has 5 heteroatoms. The van der Waals surface area contributed by atoms with Crippen molar-refractivity contribution in [3.8, 4) is 5.75 Å². The first-order chi connectivity index (χ1) is 8.61. The van der Waals surface area contributed by atoms with E-state index in [2.05, 4.69) is 10.3 Å². The summed E-state index contributed by atoms with van der Waals surface area (Å²) >= 11 is 6.00. The van der Waals surface area contributed by atoms with Gasteiger partial charge in [0.25, 0.3) is 5.91 Å². The molecule has 18 heavy (non-hydrogen) atoms. The van der Waals surface area contributed by atoms with Crippen molar-refractivity contribution >= 4 is 23.2 Å². The topological polar surface area (TPSA) is 54.1 Å². The number of hydrogen-bond acceptors (Lipinski definition) is 2. The number of hydrogen-bond donors (Lipinski definition) is 2. The van der Waals surface area contributed by atoms with E-state index in [9.17, 15) is 4.79 Å². The predicted molar refractivity (Wildman–Crippen MR) is 71.5 cm³/mol. The number of aromatic amines is 1. The van der Waals surface area contributed by atoms with Crippen molar-refractivity contribution in [3.05, 3.63) is 46.7 Å². The number of methoxy groups -OCH3 is 1. The van der Waals surface area contributed by atoms with Crippen molar-refractivity contribution in [2.75, 3.05) is 12.4 Å². The van der Waals surface area contributed by atoms with E-state index in [-0.39, 0.29) is 5.91 Å². The second kappa shape index (κ2) is 5.14. The fourth-order valence-corrected chi connectivity index (χ4v) is 1.74. The Hall–Kier alpha value is -1.94. The molecule has 1 amide bonds. The summed E-state index contributed by atoms with van der Waals surface area (Å²) < 4.78 is 5.19. The third-order valence-electron chi connectivity index (χ3n) is 2.57. The Labute approximate surface area is 110 Å². The predicted octanol–water partition coefficient (Wildman–Crippen LogP) is 3.24.